The second kappa shape index (κ2) is 8.01. The number of hydrogen-bond donors (Lipinski definition) is 1. The summed E-state index contributed by atoms with van der Waals surface area (Å²) in [6, 6.07) is -0.0915. The molecule has 114 valence electrons. The minimum absolute atomic E-state index is 0.201. The summed E-state index contributed by atoms with van der Waals surface area (Å²) in [4.78, 5) is 18.3. The summed E-state index contributed by atoms with van der Waals surface area (Å²) in [5.41, 5.74) is 0. The van der Waals surface area contributed by atoms with Crippen LogP contribution in [-0.2, 0) is 23.1 Å². The van der Waals surface area contributed by atoms with Crippen LogP contribution >= 0.6 is 0 Å². The molecule has 6 nitrogen and oxygen atoms in total. The fourth-order valence-corrected chi connectivity index (χ4v) is 2.01. The molecule has 0 spiro atoms. The zero-order chi connectivity index (χ0) is 15.1. The molecule has 20 heavy (non-hydrogen) atoms. The second-order valence-electron chi connectivity index (χ2n) is 5.28. The Morgan fingerprint density at radius 1 is 1.55 bits per heavy atom. The van der Waals surface area contributed by atoms with E-state index in [2.05, 4.69) is 15.2 Å². The van der Waals surface area contributed by atoms with E-state index in [1.807, 2.05) is 45.6 Å². The molecule has 0 bridgehead atoms. The van der Waals surface area contributed by atoms with Crippen LogP contribution in [0.1, 0.15) is 26.6 Å². The first-order chi connectivity index (χ1) is 9.43. The van der Waals surface area contributed by atoms with Gasteiger partial charge in [0.05, 0.1) is 13.2 Å². The lowest BCUT2D eigenvalue weighted by Gasteiger charge is -2.25. The first-order valence-corrected chi connectivity index (χ1v) is 7.01. The summed E-state index contributed by atoms with van der Waals surface area (Å²) in [5, 5.41) is 3.25. The topological polar surface area (TPSA) is 59.4 Å². The molecule has 0 aliphatic carbocycles. The lowest BCUT2D eigenvalue weighted by molar-refractivity contribution is -0.146. The Balaban J connectivity index is 2.59. The van der Waals surface area contributed by atoms with Crippen molar-refractivity contribution in [1.82, 2.24) is 19.8 Å². The summed E-state index contributed by atoms with van der Waals surface area (Å²) in [6.07, 6.45) is 3.69. The number of carbonyl (C=O) groups is 1. The predicted molar refractivity (Wildman–Crippen MR) is 78.2 cm³/mol. The molecule has 0 saturated heterocycles. The van der Waals surface area contributed by atoms with Gasteiger partial charge < -0.3 is 14.6 Å². The highest BCUT2D eigenvalue weighted by Crippen LogP contribution is 2.02. The molecule has 1 aromatic heterocycles. The van der Waals surface area contributed by atoms with Crippen LogP contribution < -0.4 is 5.32 Å². The largest absolute Gasteiger partial charge is 0.465 e. The van der Waals surface area contributed by atoms with Gasteiger partial charge in [-0.15, -0.1) is 0 Å². The van der Waals surface area contributed by atoms with Crippen LogP contribution in [0.4, 0.5) is 0 Å². The molecule has 1 N–H and O–H groups in total. The van der Waals surface area contributed by atoms with Gasteiger partial charge in [-0.25, -0.2) is 4.98 Å². The number of esters is 1. The number of aryl methyl sites for hydroxylation is 1. The third kappa shape index (κ3) is 5.30. The van der Waals surface area contributed by atoms with E-state index in [1.165, 1.54) is 0 Å². The monoisotopic (exact) mass is 282 g/mol. The Morgan fingerprint density at radius 2 is 2.25 bits per heavy atom. The molecule has 0 amide bonds. The minimum atomic E-state index is -0.319. The van der Waals surface area contributed by atoms with Gasteiger partial charge in [-0.3, -0.25) is 9.69 Å². The molecule has 1 atom stereocenters. The number of hydrogen-bond acceptors (Lipinski definition) is 5. The maximum atomic E-state index is 12.0. The lowest BCUT2D eigenvalue weighted by Crippen LogP contribution is -2.48. The van der Waals surface area contributed by atoms with Gasteiger partial charge in [0.25, 0.3) is 0 Å². The van der Waals surface area contributed by atoms with Crippen molar-refractivity contribution >= 4 is 5.97 Å². The fraction of sp³-hybridized carbons (Fsp3) is 0.714. The van der Waals surface area contributed by atoms with Gasteiger partial charge in [-0.2, -0.15) is 0 Å². The molecule has 1 heterocycles. The van der Waals surface area contributed by atoms with Crippen LogP contribution in [0, 0.1) is 0 Å². The highest BCUT2D eigenvalue weighted by Gasteiger charge is 2.22. The van der Waals surface area contributed by atoms with E-state index in [1.54, 1.807) is 6.20 Å². The van der Waals surface area contributed by atoms with E-state index in [-0.39, 0.29) is 18.1 Å². The lowest BCUT2D eigenvalue weighted by atomic mass is 10.2. The Bertz CT molecular complexity index is 417. The molecular formula is C14H26N4O2. The van der Waals surface area contributed by atoms with Crippen molar-refractivity contribution in [2.24, 2.45) is 7.05 Å². The number of aromatic nitrogens is 2. The van der Waals surface area contributed by atoms with Gasteiger partial charge >= 0.3 is 5.97 Å². The molecule has 0 saturated carbocycles. The smallest absolute Gasteiger partial charge is 0.324 e. The Morgan fingerprint density at radius 3 is 2.75 bits per heavy atom. The van der Waals surface area contributed by atoms with Crippen LogP contribution in [0.3, 0.4) is 0 Å². The van der Waals surface area contributed by atoms with Crippen molar-refractivity contribution in [3.05, 3.63) is 18.2 Å². The molecule has 0 radical (unpaired) electrons. The molecule has 1 unspecified atom stereocenters. The summed E-state index contributed by atoms with van der Waals surface area (Å²) >= 11 is 0. The van der Waals surface area contributed by atoms with Crippen LogP contribution in [0.15, 0.2) is 12.4 Å². The molecular weight excluding hydrogens is 256 g/mol. The zero-order valence-corrected chi connectivity index (χ0v) is 13.1. The first kappa shape index (κ1) is 16.7. The number of imidazole rings is 1. The van der Waals surface area contributed by atoms with Crippen molar-refractivity contribution in [3.63, 3.8) is 0 Å². The van der Waals surface area contributed by atoms with Crippen molar-refractivity contribution < 1.29 is 9.53 Å². The summed E-state index contributed by atoms with van der Waals surface area (Å²) in [5.74, 6) is 0.771. The van der Waals surface area contributed by atoms with E-state index in [0.717, 1.165) is 5.82 Å². The van der Waals surface area contributed by atoms with E-state index >= 15 is 0 Å². The van der Waals surface area contributed by atoms with E-state index in [0.29, 0.717) is 19.7 Å². The van der Waals surface area contributed by atoms with Gasteiger partial charge in [-0.1, -0.05) is 13.8 Å². The van der Waals surface area contributed by atoms with Gasteiger partial charge in [-0.05, 0) is 14.0 Å². The van der Waals surface area contributed by atoms with Crippen LogP contribution in [-0.4, -0.2) is 52.7 Å². The van der Waals surface area contributed by atoms with Crippen LogP contribution in [0.25, 0.3) is 0 Å². The minimum Gasteiger partial charge on any atom is -0.465 e. The quantitative estimate of drug-likeness (QED) is 0.714. The van der Waals surface area contributed by atoms with E-state index in [9.17, 15) is 4.79 Å². The summed E-state index contributed by atoms with van der Waals surface area (Å²) < 4.78 is 7.09. The molecule has 1 rings (SSSR count). The number of nitrogens with zero attached hydrogens (tertiary/aromatic N) is 3. The SMILES string of the molecule is CCOC(=O)C(CN(C)Cc1nccn1C)NC(C)C. The van der Waals surface area contributed by atoms with Gasteiger partial charge in [0, 0.05) is 32.0 Å². The van der Waals surface area contributed by atoms with Crippen molar-refractivity contribution in [3.8, 4) is 0 Å². The first-order valence-electron chi connectivity index (χ1n) is 7.01. The highest BCUT2D eigenvalue weighted by atomic mass is 16.5. The van der Waals surface area contributed by atoms with Gasteiger partial charge in [0.2, 0.25) is 0 Å². The Labute approximate surface area is 121 Å². The Kier molecular flexibility index (Phi) is 6.67. The zero-order valence-electron chi connectivity index (χ0n) is 13.1. The molecule has 0 fully saturated rings. The van der Waals surface area contributed by atoms with Crippen molar-refractivity contribution in [1.29, 1.82) is 0 Å². The Hall–Kier alpha value is -1.40. The fourth-order valence-electron chi connectivity index (χ4n) is 2.01. The maximum absolute atomic E-state index is 12.0. The van der Waals surface area contributed by atoms with E-state index in [4.69, 9.17) is 4.74 Å². The van der Waals surface area contributed by atoms with Gasteiger partial charge in [0.1, 0.15) is 11.9 Å². The summed E-state index contributed by atoms with van der Waals surface area (Å²) in [7, 11) is 3.94. The average Bonchev–Trinajstić information content (AvgIpc) is 2.74. The third-order valence-corrected chi connectivity index (χ3v) is 2.93. The molecule has 1 aromatic rings. The van der Waals surface area contributed by atoms with Crippen molar-refractivity contribution in [2.75, 3.05) is 20.2 Å². The van der Waals surface area contributed by atoms with Crippen molar-refractivity contribution in [2.45, 2.75) is 39.4 Å². The van der Waals surface area contributed by atoms with Gasteiger partial charge in [0.15, 0.2) is 0 Å². The average molecular weight is 282 g/mol. The predicted octanol–water partition coefficient (Wildman–Crippen LogP) is 0.782. The number of likely N-dealkylation sites (N-methyl/N-ethyl adjacent to an activating group) is 1. The number of rotatable bonds is 8. The number of ether oxygens (including phenoxy) is 1. The second-order valence-corrected chi connectivity index (χ2v) is 5.28. The molecule has 0 aliphatic heterocycles. The van der Waals surface area contributed by atoms with Crippen LogP contribution in [0.5, 0.6) is 0 Å². The number of nitrogens with one attached hydrogen (secondary N) is 1. The van der Waals surface area contributed by atoms with Crippen LogP contribution in [0.2, 0.25) is 0 Å². The third-order valence-electron chi connectivity index (χ3n) is 2.93. The molecule has 6 heteroatoms. The standard InChI is InChI=1S/C14H26N4O2/c1-6-20-14(19)12(16-11(2)3)9-17(4)10-13-15-7-8-18(13)5/h7-8,11-12,16H,6,9-10H2,1-5H3. The normalized spacial score (nSPS) is 12.9. The molecule has 0 aromatic carbocycles. The number of carbonyl (C=O) groups excluding carboxylic acids is 1. The van der Waals surface area contributed by atoms with E-state index < -0.39 is 0 Å². The highest BCUT2D eigenvalue weighted by molar-refractivity contribution is 5.76. The maximum Gasteiger partial charge on any atom is 0.324 e. The summed E-state index contributed by atoms with van der Waals surface area (Å²) in [6.45, 7) is 7.54. The molecule has 0 aliphatic rings.